The highest BCUT2D eigenvalue weighted by Gasteiger charge is 2.29. The topological polar surface area (TPSA) is 55.8 Å². The molecule has 5 heteroatoms. The van der Waals surface area contributed by atoms with Crippen LogP contribution in [0.25, 0.3) is 0 Å². The molecule has 1 aliphatic rings. The molecule has 1 amide bonds. The quantitative estimate of drug-likeness (QED) is 0.778. The van der Waals surface area contributed by atoms with Gasteiger partial charge in [-0.3, -0.25) is 9.69 Å². The lowest BCUT2D eigenvalue weighted by Gasteiger charge is -2.31. The lowest BCUT2D eigenvalue weighted by atomic mass is 9.82. The Kier molecular flexibility index (Phi) is 6.44. The molecule has 5 nitrogen and oxygen atoms in total. The molecule has 0 aliphatic heterocycles. The van der Waals surface area contributed by atoms with E-state index in [1.807, 2.05) is 37.3 Å². The van der Waals surface area contributed by atoms with Gasteiger partial charge in [-0.05, 0) is 50.7 Å². The molecule has 23 heavy (non-hydrogen) atoms. The third-order valence-corrected chi connectivity index (χ3v) is 4.37. The molecular formula is C18H25NO4. The van der Waals surface area contributed by atoms with Crippen molar-refractivity contribution < 1.29 is 19.1 Å². The molecule has 1 aromatic rings. The summed E-state index contributed by atoms with van der Waals surface area (Å²) >= 11 is 0. The molecule has 0 radical (unpaired) electrons. The van der Waals surface area contributed by atoms with Gasteiger partial charge in [-0.2, -0.15) is 0 Å². The van der Waals surface area contributed by atoms with Crippen molar-refractivity contribution in [3.63, 3.8) is 0 Å². The number of anilines is 1. The normalized spacial score (nSPS) is 20.6. The van der Waals surface area contributed by atoms with Gasteiger partial charge in [0.15, 0.2) is 0 Å². The summed E-state index contributed by atoms with van der Waals surface area (Å²) in [5, 5.41) is 0. The summed E-state index contributed by atoms with van der Waals surface area (Å²) in [6.07, 6.45) is 3.15. The number of carbonyl (C=O) groups is 2. The zero-order chi connectivity index (χ0) is 16.7. The van der Waals surface area contributed by atoms with Crippen LogP contribution in [0, 0.1) is 11.8 Å². The Morgan fingerprint density at radius 3 is 2.35 bits per heavy atom. The molecule has 1 fully saturated rings. The molecule has 1 aliphatic carbocycles. The highest BCUT2D eigenvalue weighted by molar-refractivity contribution is 5.87. The fourth-order valence-electron chi connectivity index (χ4n) is 3.10. The largest absolute Gasteiger partial charge is 0.466 e. The van der Waals surface area contributed by atoms with Crippen molar-refractivity contribution in [3.05, 3.63) is 30.3 Å². The number of carbonyl (C=O) groups excluding carboxylic acids is 2. The number of amides is 1. The average Bonchev–Trinajstić information content (AvgIpc) is 2.60. The van der Waals surface area contributed by atoms with E-state index < -0.39 is 0 Å². The SMILES string of the molecule is CCOC(=O)C1CCC(CN(C(=O)OC)c2ccccc2)CC1. The summed E-state index contributed by atoms with van der Waals surface area (Å²) in [6.45, 7) is 2.88. The van der Waals surface area contributed by atoms with Gasteiger partial charge >= 0.3 is 12.1 Å². The second-order valence-corrected chi connectivity index (χ2v) is 5.89. The maximum Gasteiger partial charge on any atom is 0.414 e. The second-order valence-electron chi connectivity index (χ2n) is 5.89. The number of nitrogens with zero attached hydrogens (tertiary/aromatic N) is 1. The van der Waals surface area contributed by atoms with Gasteiger partial charge in [-0.25, -0.2) is 4.79 Å². The van der Waals surface area contributed by atoms with Crippen LogP contribution in [0.2, 0.25) is 0 Å². The van der Waals surface area contributed by atoms with E-state index in [1.54, 1.807) is 4.90 Å². The van der Waals surface area contributed by atoms with Crippen LogP contribution in [-0.2, 0) is 14.3 Å². The number of methoxy groups -OCH3 is 1. The molecule has 0 spiro atoms. The molecule has 0 atom stereocenters. The van der Waals surface area contributed by atoms with Gasteiger partial charge in [0, 0.05) is 12.2 Å². The smallest absolute Gasteiger partial charge is 0.414 e. The minimum Gasteiger partial charge on any atom is -0.466 e. The van der Waals surface area contributed by atoms with Gasteiger partial charge in [-0.15, -0.1) is 0 Å². The van der Waals surface area contributed by atoms with Crippen LogP contribution in [0.4, 0.5) is 10.5 Å². The maximum absolute atomic E-state index is 12.1. The van der Waals surface area contributed by atoms with Crippen LogP contribution in [0.5, 0.6) is 0 Å². The summed E-state index contributed by atoms with van der Waals surface area (Å²) in [4.78, 5) is 25.5. The van der Waals surface area contributed by atoms with E-state index in [1.165, 1.54) is 7.11 Å². The predicted octanol–water partition coefficient (Wildman–Crippen LogP) is 3.63. The molecule has 0 aromatic heterocycles. The van der Waals surface area contributed by atoms with E-state index >= 15 is 0 Å². The molecule has 126 valence electrons. The first-order chi connectivity index (χ1) is 11.2. The maximum atomic E-state index is 12.1. The van der Waals surface area contributed by atoms with Crippen LogP contribution in [0.15, 0.2) is 30.3 Å². The van der Waals surface area contributed by atoms with Crippen molar-refractivity contribution in [2.75, 3.05) is 25.2 Å². The molecule has 1 aromatic carbocycles. The minimum absolute atomic E-state index is 0.00880. The van der Waals surface area contributed by atoms with Gasteiger partial charge < -0.3 is 9.47 Å². The Bertz CT molecular complexity index is 509. The number of hydrogen-bond donors (Lipinski definition) is 0. The number of para-hydroxylation sites is 1. The summed E-state index contributed by atoms with van der Waals surface area (Å²) in [7, 11) is 1.40. The fourth-order valence-corrected chi connectivity index (χ4v) is 3.10. The van der Waals surface area contributed by atoms with Gasteiger partial charge in [0.1, 0.15) is 0 Å². The summed E-state index contributed by atoms with van der Waals surface area (Å²) in [5.74, 6) is 0.299. The van der Waals surface area contributed by atoms with E-state index in [4.69, 9.17) is 9.47 Å². The minimum atomic E-state index is -0.344. The molecule has 0 bridgehead atoms. The van der Waals surface area contributed by atoms with Crippen molar-refractivity contribution in [3.8, 4) is 0 Å². The molecule has 0 heterocycles. The lowest BCUT2D eigenvalue weighted by Crippen LogP contribution is -2.37. The van der Waals surface area contributed by atoms with Gasteiger partial charge in [0.2, 0.25) is 0 Å². The standard InChI is InChI=1S/C18H25NO4/c1-3-23-17(20)15-11-9-14(10-12-15)13-19(18(21)22-2)16-7-5-4-6-8-16/h4-8,14-15H,3,9-13H2,1-2H3. The van der Waals surface area contributed by atoms with Crippen molar-refractivity contribution in [1.82, 2.24) is 0 Å². The Labute approximate surface area is 137 Å². The third-order valence-electron chi connectivity index (χ3n) is 4.37. The zero-order valence-corrected chi connectivity index (χ0v) is 13.9. The van der Waals surface area contributed by atoms with Crippen LogP contribution in [0.3, 0.4) is 0 Å². The van der Waals surface area contributed by atoms with Crippen LogP contribution in [0.1, 0.15) is 32.6 Å². The third kappa shape index (κ3) is 4.71. The first kappa shape index (κ1) is 17.3. The monoisotopic (exact) mass is 319 g/mol. The molecular weight excluding hydrogens is 294 g/mol. The summed E-state index contributed by atoms with van der Waals surface area (Å²) in [5.41, 5.74) is 0.840. The van der Waals surface area contributed by atoms with Gasteiger partial charge in [0.05, 0.1) is 19.6 Å². The number of rotatable bonds is 5. The van der Waals surface area contributed by atoms with Crippen molar-refractivity contribution in [2.24, 2.45) is 11.8 Å². The highest BCUT2D eigenvalue weighted by Crippen LogP contribution is 2.31. The van der Waals surface area contributed by atoms with Crippen molar-refractivity contribution >= 4 is 17.7 Å². The Balaban J connectivity index is 1.94. The van der Waals surface area contributed by atoms with Crippen molar-refractivity contribution in [1.29, 1.82) is 0 Å². The highest BCUT2D eigenvalue weighted by atomic mass is 16.5. The van der Waals surface area contributed by atoms with E-state index in [-0.39, 0.29) is 18.0 Å². The number of benzene rings is 1. The van der Waals surface area contributed by atoms with Gasteiger partial charge in [0.25, 0.3) is 0 Å². The van der Waals surface area contributed by atoms with Crippen molar-refractivity contribution in [2.45, 2.75) is 32.6 Å². The summed E-state index contributed by atoms with van der Waals surface area (Å²) < 4.78 is 10.0. The zero-order valence-electron chi connectivity index (χ0n) is 13.9. The predicted molar refractivity (Wildman–Crippen MR) is 88.3 cm³/mol. The average molecular weight is 319 g/mol. The molecule has 0 unspecified atom stereocenters. The second kappa shape index (κ2) is 8.56. The van der Waals surface area contributed by atoms with Crippen LogP contribution >= 0.6 is 0 Å². The molecule has 2 rings (SSSR count). The Morgan fingerprint density at radius 2 is 1.78 bits per heavy atom. The first-order valence-corrected chi connectivity index (χ1v) is 8.22. The fraction of sp³-hybridized carbons (Fsp3) is 0.556. The molecule has 1 saturated carbocycles. The number of hydrogen-bond acceptors (Lipinski definition) is 4. The van der Waals surface area contributed by atoms with Crippen LogP contribution < -0.4 is 4.90 Å². The lowest BCUT2D eigenvalue weighted by molar-refractivity contribution is -0.149. The van der Waals surface area contributed by atoms with E-state index in [0.29, 0.717) is 19.1 Å². The Morgan fingerprint density at radius 1 is 1.13 bits per heavy atom. The number of ether oxygens (including phenoxy) is 2. The van der Waals surface area contributed by atoms with Gasteiger partial charge in [-0.1, -0.05) is 18.2 Å². The molecule has 0 N–H and O–H groups in total. The van der Waals surface area contributed by atoms with E-state index in [0.717, 1.165) is 31.4 Å². The molecule has 0 saturated heterocycles. The van der Waals surface area contributed by atoms with E-state index in [2.05, 4.69) is 0 Å². The summed E-state index contributed by atoms with van der Waals surface area (Å²) in [6, 6.07) is 9.54. The van der Waals surface area contributed by atoms with Crippen LogP contribution in [-0.4, -0.2) is 32.3 Å². The first-order valence-electron chi connectivity index (χ1n) is 8.22. The number of esters is 1. The Hall–Kier alpha value is -2.04. The van der Waals surface area contributed by atoms with E-state index in [9.17, 15) is 9.59 Å².